The molecule has 0 aliphatic carbocycles. The van der Waals surface area contributed by atoms with Crippen molar-refractivity contribution in [2.45, 2.75) is 38.3 Å². The number of benzene rings is 2. The van der Waals surface area contributed by atoms with Crippen LogP contribution in [0.3, 0.4) is 0 Å². The fraction of sp³-hybridized carbons (Fsp3) is 0.368. The maximum absolute atomic E-state index is 6.65. The molecule has 2 N–H and O–H groups in total. The van der Waals surface area contributed by atoms with Gasteiger partial charge in [-0.25, -0.2) is 0 Å². The van der Waals surface area contributed by atoms with Crippen molar-refractivity contribution in [3.05, 3.63) is 70.8 Å². The SMILES string of the molecule is Cc1ccccc1C(C)(N)CC1OCCc2ccccc21. The Morgan fingerprint density at radius 1 is 1.14 bits per heavy atom. The van der Waals surface area contributed by atoms with Gasteiger partial charge in [-0.15, -0.1) is 0 Å². The smallest absolute Gasteiger partial charge is 0.0848 e. The molecule has 1 aliphatic heterocycles. The van der Waals surface area contributed by atoms with Crippen LogP contribution in [0, 0.1) is 6.92 Å². The normalized spacial score (nSPS) is 20.6. The van der Waals surface area contributed by atoms with E-state index < -0.39 is 0 Å². The molecule has 2 aromatic carbocycles. The van der Waals surface area contributed by atoms with E-state index in [0.29, 0.717) is 0 Å². The van der Waals surface area contributed by atoms with Gasteiger partial charge in [0.2, 0.25) is 0 Å². The molecule has 2 nitrogen and oxygen atoms in total. The van der Waals surface area contributed by atoms with Crippen molar-refractivity contribution in [3.63, 3.8) is 0 Å². The number of rotatable bonds is 3. The van der Waals surface area contributed by atoms with Gasteiger partial charge in [-0.2, -0.15) is 0 Å². The first-order chi connectivity index (χ1) is 10.1. The summed E-state index contributed by atoms with van der Waals surface area (Å²) in [6.45, 7) is 5.01. The van der Waals surface area contributed by atoms with Crippen molar-refractivity contribution in [3.8, 4) is 0 Å². The molecule has 2 unspecified atom stereocenters. The summed E-state index contributed by atoms with van der Waals surface area (Å²) in [6, 6.07) is 16.9. The highest BCUT2D eigenvalue weighted by Gasteiger charge is 2.30. The molecular formula is C19H23NO. The Kier molecular flexibility index (Phi) is 3.83. The minimum atomic E-state index is -0.388. The lowest BCUT2D eigenvalue weighted by atomic mass is 9.82. The Bertz CT molecular complexity index is 633. The van der Waals surface area contributed by atoms with Gasteiger partial charge in [-0.05, 0) is 48.9 Å². The first-order valence-electron chi connectivity index (χ1n) is 7.62. The molecule has 3 rings (SSSR count). The lowest BCUT2D eigenvalue weighted by Crippen LogP contribution is -2.37. The van der Waals surface area contributed by atoms with Crippen molar-refractivity contribution in [2.75, 3.05) is 6.61 Å². The summed E-state index contributed by atoms with van der Waals surface area (Å²) in [5, 5.41) is 0. The topological polar surface area (TPSA) is 35.2 Å². The van der Waals surface area contributed by atoms with Crippen LogP contribution in [0.25, 0.3) is 0 Å². The first kappa shape index (κ1) is 14.3. The Labute approximate surface area is 126 Å². The van der Waals surface area contributed by atoms with Gasteiger partial charge in [0, 0.05) is 5.54 Å². The van der Waals surface area contributed by atoms with Crippen LogP contribution in [0.5, 0.6) is 0 Å². The molecule has 1 aliphatic rings. The molecule has 0 spiro atoms. The van der Waals surface area contributed by atoms with Crippen LogP contribution in [0.1, 0.15) is 41.7 Å². The predicted octanol–water partition coefficient (Wildman–Crippen LogP) is 3.87. The number of fused-ring (bicyclic) bond motifs is 1. The zero-order valence-corrected chi connectivity index (χ0v) is 12.8. The highest BCUT2D eigenvalue weighted by molar-refractivity contribution is 5.35. The molecule has 0 radical (unpaired) electrons. The van der Waals surface area contributed by atoms with Crippen LogP contribution >= 0.6 is 0 Å². The van der Waals surface area contributed by atoms with E-state index in [4.69, 9.17) is 10.5 Å². The molecule has 2 aromatic rings. The predicted molar refractivity (Wildman–Crippen MR) is 86.2 cm³/mol. The quantitative estimate of drug-likeness (QED) is 0.927. The number of hydrogen-bond acceptors (Lipinski definition) is 2. The van der Waals surface area contributed by atoms with Crippen LogP contribution in [0.15, 0.2) is 48.5 Å². The first-order valence-corrected chi connectivity index (χ1v) is 7.62. The lowest BCUT2D eigenvalue weighted by Gasteiger charge is -2.34. The second kappa shape index (κ2) is 5.63. The summed E-state index contributed by atoms with van der Waals surface area (Å²) in [6.07, 6.45) is 1.89. The van der Waals surface area contributed by atoms with E-state index in [9.17, 15) is 0 Å². The van der Waals surface area contributed by atoms with Crippen LogP contribution in [0.4, 0.5) is 0 Å². The molecule has 0 fully saturated rings. The minimum absolute atomic E-state index is 0.0876. The molecule has 1 heterocycles. The zero-order valence-electron chi connectivity index (χ0n) is 12.8. The van der Waals surface area contributed by atoms with E-state index >= 15 is 0 Å². The number of ether oxygens (including phenoxy) is 1. The molecule has 110 valence electrons. The fourth-order valence-electron chi connectivity index (χ4n) is 3.35. The van der Waals surface area contributed by atoms with E-state index in [-0.39, 0.29) is 11.6 Å². The van der Waals surface area contributed by atoms with Crippen LogP contribution in [0.2, 0.25) is 0 Å². The third-order valence-corrected chi connectivity index (χ3v) is 4.46. The molecule has 0 saturated carbocycles. The summed E-state index contributed by atoms with van der Waals surface area (Å²) in [5.41, 5.74) is 11.4. The average molecular weight is 281 g/mol. The largest absolute Gasteiger partial charge is 0.373 e. The van der Waals surface area contributed by atoms with Crippen molar-refractivity contribution >= 4 is 0 Å². The monoisotopic (exact) mass is 281 g/mol. The molecule has 0 aromatic heterocycles. The average Bonchev–Trinajstić information content (AvgIpc) is 2.47. The fourth-order valence-corrected chi connectivity index (χ4v) is 3.35. The van der Waals surface area contributed by atoms with E-state index in [1.165, 1.54) is 22.3 Å². The van der Waals surface area contributed by atoms with E-state index in [2.05, 4.69) is 62.4 Å². The van der Waals surface area contributed by atoms with Gasteiger partial charge < -0.3 is 10.5 Å². The van der Waals surface area contributed by atoms with Gasteiger partial charge in [0.15, 0.2) is 0 Å². The molecule has 0 bridgehead atoms. The van der Waals surface area contributed by atoms with Crippen molar-refractivity contribution < 1.29 is 4.74 Å². The second-order valence-corrected chi connectivity index (χ2v) is 6.24. The van der Waals surface area contributed by atoms with Crippen LogP contribution < -0.4 is 5.73 Å². The molecule has 2 atom stereocenters. The molecular weight excluding hydrogens is 258 g/mol. The second-order valence-electron chi connectivity index (χ2n) is 6.24. The van der Waals surface area contributed by atoms with E-state index in [0.717, 1.165) is 19.4 Å². The van der Waals surface area contributed by atoms with Crippen LogP contribution in [-0.4, -0.2) is 6.61 Å². The molecule has 0 amide bonds. The molecule has 2 heteroatoms. The summed E-state index contributed by atoms with van der Waals surface area (Å²) in [5.74, 6) is 0. The van der Waals surface area contributed by atoms with Crippen molar-refractivity contribution in [1.29, 1.82) is 0 Å². The maximum Gasteiger partial charge on any atom is 0.0848 e. The third kappa shape index (κ3) is 2.87. The van der Waals surface area contributed by atoms with Gasteiger partial charge in [0.25, 0.3) is 0 Å². The summed E-state index contributed by atoms with van der Waals surface area (Å²) in [7, 11) is 0. The Morgan fingerprint density at radius 3 is 2.67 bits per heavy atom. The number of aryl methyl sites for hydroxylation is 1. The highest BCUT2D eigenvalue weighted by atomic mass is 16.5. The van der Waals surface area contributed by atoms with Gasteiger partial charge >= 0.3 is 0 Å². The van der Waals surface area contributed by atoms with Gasteiger partial charge in [0.05, 0.1) is 12.7 Å². The van der Waals surface area contributed by atoms with Crippen molar-refractivity contribution in [2.24, 2.45) is 5.73 Å². The van der Waals surface area contributed by atoms with Gasteiger partial charge in [-0.3, -0.25) is 0 Å². The standard InChI is InChI=1S/C19H23NO/c1-14-7-3-6-10-17(14)19(2,20)13-18-16-9-5-4-8-15(16)11-12-21-18/h3-10,18H,11-13,20H2,1-2H3. The van der Waals surface area contributed by atoms with Gasteiger partial charge in [0.1, 0.15) is 0 Å². The molecule has 0 saturated heterocycles. The summed E-state index contributed by atoms with van der Waals surface area (Å²) >= 11 is 0. The Balaban J connectivity index is 1.89. The minimum Gasteiger partial charge on any atom is -0.373 e. The Hall–Kier alpha value is -1.64. The zero-order chi connectivity index (χ0) is 14.9. The number of nitrogens with two attached hydrogens (primary N) is 1. The third-order valence-electron chi connectivity index (χ3n) is 4.46. The summed E-state index contributed by atoms with van der Waals surface area (Å²) < 4.78 is 6.02. The van der Waals surface area contributed by atoms with Crippen LogP contribution in [-0.2, 0) is 16.7 Å². The number of hydrogen-bond donors (Lipinski definition) is 1. The lowest BCUT2D eigenvalue weighted by molar-refractivity contribution is 0.0222. The van der Waals surface area contributed by atoms with Gasteiger partial charge in [-0.1, -0.05) is 48.5 Å². The van der Waals surface area contributed by atoms with Crippen molar-refractivity contribution in [1.82, 2.24) is 0 Å². The van der Waals surface area contributed by atoms with E-state index in [1.54, 1.807) is 0 Å². The Morgan fingerprint density at radius 2 is 1.86 bits per heavy atom. The summed E-state index contributed by atoms with van der Waals surface area (Å²) in [4.78, 5) is 0. The molecule has 21 heavy (non-hydrogen) atoms. The maximum atomic E-state index is 6.65. The van der Waals surface area contributed by atoms with E-state index in [1.807, 2.05) is 0 Å². The highest BCUT2D eigenvalue weighted by Crippen LogP contribution is 2.36.